The Bertz CT molecular complexity index is 399. The average molecular weight is 301 g/mol. The molecule has 2 heterocycles. The minimum atomic E-state index is -0.0819. The molecule has 1 aliphatic heterocycles. The zero-order valence-electron chi connectivity index (χ0n) is 10.1. The van der Waals surface area contributed by atoms with E-state index >= 15 is 0 Å². The maximum atomic E-state index is 5.75. The number of aromatic nitrogens is 2. The van der Waals surface area contributed by atoms with E-state index in [0.29, 0.717) is 24.3 Å². The van der Waals surface area contributed by atoms with E-state index in [1.54, 1.807) is 6.20 Å². The molecule has 1 aromatic heterocycles. The van der Waals surface area contributed by atoms with Gasteiger partial charge in [-0.15, -0.1) is 0 Å². The Kier molecular flexibility index (Phi) is 3.96. The van der Waals surface area contributed by atoms with Crippen LogP contribution in [-0.2, 0) is 4.74 Å². The molecule has 17 heavy (non-hydrogen) atoms. The van der Waals surface area contributed by atoms with Crippen LogP contribution in [0.15, 0.2) is 10.7 Å². The molecule has 1 atom stereocenters. The number of ether oxygens (including phenoxy) is 1. The number of nitrogens with two attached hydrogens (primary N) is 1. The standard InChI is InChI=1S/C11H17BrN4O/c1-7(2)16-3-4-17-9(6-16)11-14-5-8(12)10(13)15-11/h5,7,9H,3-4,6H2,1-2H3,(H2,13,14,15). The number of nitrogen functional groups attached to an aromatic ring is 1. The summed E-state index contributed by atoms with van der Waals surface area (Å²) < 4.78 is 6.42. The van der Waals surface area contributed by atoms with Crippen molar-refractivity contribution in [1.29, 1.82) is 0 Å². The first-order valence-corrected chi connectivity index (χ1v) is 6.51. The van der Waals surface area contributed by atoms with Crippen molar-refractivity contribution in [2.45, 2.75) is 26.0 Å². The molecule has 1 fully saturated rings. The second kappa shape index (κ2) is 5.29. The Hall–Kier alpha value is -0.720. The van der Waals surface area contributed by atoms with Crippen molar-refractivity contribution < 1.29 is 4.74 Å². The van der Waals surface area contributed by atoms with Gasteiger partial charge in [0.25, 0.3) is 0 Å². The third-order valence-corrected chi connectivity index (χ3v) is 3.52. The zero-order valence-corrected chi connectivity index (χ0v) is 11.6. The normalized spacial score (nSPS) is 22.0. The maximum Gasteiger partial charge on any atom is 0.160 e. The van der Waals surface area contributed by atoms with E-state index in [9.17, 15) is 0 Å². The van der Waals surface area contributed by atoms with E-state index in [0.717, 1.165) is 17.6 Å². The number of hydrogen-bond acceptors (Lipinski definition) is 5. The Morgan fingerprint density at radius 1 is 1.59 bits per heavy atom. The number of halogens is 1. The van der Waals surface area contributed by atoms with Crippen LogP contribution in [0, 0.1) is 0 Å². The fourth-order valence-electron chi connectivity index (χ4n) is 1.84. The van der Waals surface area contributed by atoms with E-state index in [1.165, 1.54) is 0 Å². The molecular weight excluding hydrogens is 284 g/mol. The highest BCUT2D eigenvalue weighted by molar-refractivity contribution is 9.10. The minimum absolute atomic E-state index is 0.0819. The van der Waals surface area contributed by atoms with Crippen molar-refractivity contribution in [1.82, 2.24) is 14.9 Å². The van der Waals surface area contributed by atoms with Gasteiger partial charge in [-0.25, -0.2) is 9.97 Å². The van der Waals surface area contributed by atoms with Crippen molar-refractivity contribution in [2.75, 3.05) is 25.4 Å². The summed E-state index contributed by atoms with van der Waals surface area (Å²) in [5, 5.41) is 0. The molecule has 1 aliphatic rings. The van der Waals surface area contributed by atoms with Crippen molar-refractivity contribution in [3.8, 4) is 0 Å². The highest BCUT2D eigenvalue weighted by Gasteiger charge is 2.25. The molecular formula is C11H17BrN4O. The summed E-state index contributed by atoms with van der Waals surface area (Å²) in [6.45, 7) is 6.85. The van der Waals surface area contributed by atoms with Crippen LogP contribution < -0.4 is 5.73 Å². The molecule has 1 unspecified atom stereocenters. The first-order chi connectivity index (χ1) is 8.08. The Labute approximate surface area is 110 Å². The van der Waals surface area contributed by atoms with Crippen LogP contribution in [-0.4, -0.2) is 40.6 Å². The van der Waals surface area contributed by atoms with Crippen molar-refractivity contribution in [3.63, 3.8) is 0 Å². The lowest BCUT2D eigenvalue weighted by molar-refractivity contribution is -0.0442. The summed E-state index contributed by atoms with van der Waals surface area (Å²) >= 11 is 3.29. The van der Waals surface area contributed by atoms with Crippen LogP contribution in [0.2, 0.25) is 0 Å². The average Bonchev–Trinajstić information content (AvgIpc) is 2.33. The van der Waals surface area contributed by atoms with Gasteiger partial charge in [-0.05, 0) is 29.8 Å². The lowest BCUT2D eigenvalue weighted by Gasteiger charge is -2.34. The molecule has 0 aliphatic carbocycles. The Morgan fingerprint density at radius 2 is 2.35 bits per heavy atom. The van der Waals surface area contributed by atoms with Crippen molar-refractivity contribution in [2.24, 2.45) is 0 Å². The van der Waals surface area contributed by atoms with Gasteiger partial charge in [-0.3, -0.25) is 4.90 Å². The van der Waals surface area contributed by atoms with Gasteiger partial charge in [0, 0.05) is 25.3 Å². The monoisotopic (exact) mass is 300 g/mol. The van der Waals surface area contributed by atoms with E-state index in [-0.39, 0.29) is 6.10 Å². The van der Waals surface area contributed by atoms with E-state index < -0.39 is 0 Å². The molecule has 1 saturated heterocycles. The van der Waals surface area contributed by atoms with Crippen molar-refractivity contribution >= 4 is 21.7 Å². The van der Waals surface area contributed by atoms with E-state index in [2.05, 4.69) is 44.6 Å². The van der Waals surface area contributed by atoms with Crippen LogP contribution in [0.5, 0.6) is 0 Å². The molecule has 6 heteroatoms. The molecule has 0 amide bonds. The predicted molar refractivity (Wildman–Crippen MR) is 69.5 cm³/mol. The lowest BCUT2D eigenvalue weighted by atomic mass is 10.2. The molecule has 1 aromatic rings. The first kappa shape index (κ1) is 12.7. The summed E-state index contributed by atoms with van der Waals surface area (Å²) in [7, 11) is 0. The fourth-order valence-corrected chi connectivity index (χ4v) is 2.04. The molecule has 2 N–H and O–H groups in total. The van der Waals surface area contributed by atoms with Gasteiger partial charge < -0.3 is 10.5 Å². The Balaban J connectivity index is 2.13. The summed E-state index contributed by atoms with van der Waals surface area (Å²) in [5.74, 6) is 1.12. The van der Waals surface area contributed by atoms with Gasteiger partial charge in [0.05, 0.1) is 11.1 Å². The second-order valence-electron chi connectivity index (χ2n) is 4.41. The minimum Gasteiger partial charge on any atom is -0.383 e. The number of nitrogens with zero attached hydrogens (tertiary/aromatic N) is 3. The number of rotatable bonds is 2. The van der Waals surface area contributed by atoms with Crippen LogP contribution in [0.4, 0.5) is 5.82 Å². The van der Waals surface area contributed by atoms with Crippen LogP contribution in [0.25, 0.3) is 0 Å². The van der Waals surface area contributed by atoms with E-state index in [4.69, 9.17) is 10.5 Å². The SMILES string of the molecule is CC(C)N1CCOC(c2ncc(Br)c(N)n2)C1. The largest absolute Gasteiger partial charge is 0.383 e. The lowest BCUT2D eigenvalue weighted by Crippen LogP contribution is -2.42. The molecule has 0 radical (unpaired) electrons. The fraction of sp³-hybridized carbons (Fsp3) is 0.636. The van der Waals surface area contributed by atoms with Crippen molar-refractivity contribution in [3.05, 3.63) is 16.5 Å². The molecule has 5 nitrogen and oxygen atoms in total. The van der Waals surface area contributed by atoms with Gasteiger partial charge in [-0.1, -0.05) is 0 Å². The van der Waals surface area contributed by atoms with Gasteiger partial charge in [0.2, 0.25) is 0 Å². The number of hydrogen-bond donors (Lipinski definition) is 1. The molecule has 2 rings (SSSR count). The smallest absolute Gasteiger partial charge is 0.160 e. The van der Waals surface area contributed by atoms with Crippen LogP contribution in [0.3, 0.4) is 0 Å². The maximum absolute atomic E-state index is 5.75. The molecule has 94 valence electrons. The molecule has 0 saturated carbocycles. The highest BCUT2D eigenvalue weighted by atomic mass is 79.9. The summed E-state index contributed by atoms with van der Waals surface area (Å²) in [6.07, 6.45) is 1.59. The quantitative estimate of drug-likeness (QED) is 0.899. The summed E-state index contributed by atoms with van der Waals surface area (Å²) in [5.41, 5.74) is 5.75. The van der Waals surface area contributed by atoms with Crippen LogP contribution in [0.1, 0.15) is 25.8 Å². The predicted octanol–water partition coefficient (Wildman–Crippen LogP) is 1.60. The Morgan fingerprint density at radius 3 is 3.00 bits per heavy atom. The third kappa shape index (κ3) is 2.94. The number of anilines is 1. The first-order valence-electron chi connectivity index (χ1n) is 5.71. The molecule has 0 aromatic carbocycles. The second-order valence-corrected chi connectivity index (χ2v) is 5.26. The van der Waals surface area contributed by atoms with Crippen LogP contribution >= 0.6 is 15.9 Å². The number of morpholine rings is 1. The summed E-state index contributed by atoms with van der Waals surface area (Å²) in [4.78, 5) is 10.9. The third-order valence-electron chi connectivity index (χ3n) is 2.91. The van der Waals surface area contributed by atoms with Gasteiger partial charge in [0.1, 0.15) is 11.9 Å². The van der Waals surface area contributed by atoms with Gasteiger partial charge in [-0.2, -0.15) is 0 Å². The van der Waals surface area contributed by atoms with Gasteiger partial charge >= 0.3 is 0 Å². The zero-order chi connectivity index (χ0) is 12.4. The summed E-state index contributed by atoms with van der Waals surface area (Å²) in [6, 6.07) is 0.509. The van der Waals surface area contributed by atoms with Gasteiger partial charge in [0.15, 0.2) is 5.82 Å². The highest BCUT2D eigenvalue weighted by Crippen LogP contribution is 2.23. The van der Waals surface area contributed by atoms with E-state index in [1.807, 2.05) is 0 Å². The molecule has 0 bridgehead atoms. The topological polar surface area (TPSA) is 64.3 Å². The molecule has 0 spiro atoms.